The molecule has 4 nitrogen and oxygen atoms in total. The van der Waals surface area contributed by atoms with Crippen molar-refractivity contribution >= 4 is 5.91 Å². The highest BCUT2D eigenvalue weighted by atomic mass is 16.5. The first-order chi connectivity index (χ1) is 6.24. The van der Waals surface area contributed by atoms with E-state index in [1.54, 1.807) is 4.90 Å². The number of aliphatic hydroxyl groups is 1. The normalized spacial score (nSPS) is 22.3. The zero-order valence-electron chi connectivity index (χ0n) is 8.03. The predicted molar refractivity (Wildman–Crippen MR) is 48.3 cm³/mol. The molecule has 0 unspecified atom stereocenters. The first-order valence-corrected chi connectivity index (χ1v) is 4.77. The van der Waals surface area contributed by atoms with E-state index in [1.165, 1.54) is 0 Å². The zero-order chi connectivity index (χ0) is 9.68. The Morgan fingerprint density at radius 3 is 3.00 bits per heavy atom. The molecule has 0 radical (unpaired) electrons. The molecule has 0 spiro atoms. The number of hydrogen-bond donors (Lipinski definition) is 1. The number of ether oxygens (including phenoxy) is 1. The molecule has 1 aliphatic rings. The van der Waals surface area contributed by atoms with Crippen molar-refractivity contribution in [2.24, 2.45) is 0 Å². The average Bonchev–Trinajstić information content (AvgIpc) is 2.52. The van der Waals surface area contributed by atoms with E-state index in [-0.39, 0.29) is 12.0 Å². The molecule has 4 heteroatoms. The maximum Gasteiger partial charge on any atom is 0.224 e. The van der Waals surface area contributed by atoms with Gasteiger partial charge in [0, 0.05) is 19.7 Å². The van der Waals surface area contributed by atoms with Gasteiger partial charge in [-0.25, -0.2) is 0 Å². The van der Waals surface area contributed by atoms with E-state index in [9.17, 15) is 9.90 Å². The summed E-state index contributed by atoms with van der Waals surface area (Å²) in [4.78, 5) is 13.1. The third-order valence-corrected chi connectivity index (χ3v) is 2.18. The molecule has 0 aliphatic carbocycles. The molecule has 1 atom stereocenters. The lowest BCUT2D eigenvalue weighted by Crippen LogP contribution is -2.30. The Kier molecular flexibility index (Phi) is 4.18. The standard InChI is InChI=1S/C9H17NO3/c1-2-13-6-4-9(12)10-5-3-8(11)7-10/h8,11H,2-7H2,1H3/t8-/m0/s1. The summed E-state index contributed by atoms with van der Waals surface area (Å²) in [7, 11) is 0. The first kappa shape index (κ1) is 10.5. The fourth-order valence-corrected chi connectivity index (χ4v) is 1.43. The van der Waals surface area contributed by atoms with Gasteiger partial charge >= 0.3 is 0 Å². The summed E-state index contributed by atoms with van der Waals surface area (Å²) in [6.07, 6.45) is 0.817. The molecule has 0 bridgehead atoms. The average molecular weight is 187 g/mol. The largest absolute Gasteiger partial charge is 0.391 e. The van der Waals surface area contributed by atoms with Crippen molar-refractivity contribution in [1.29, 1.82) is 0 Å². The lowest BCUT2D eigenvalue weighted by molar-refractivity contribution is -0.131. The van der Waals surface area contributed by atoms with Crippen LogP contribution >= 0.6 is 0 Å². The van der Waals surface area contributed by atoms with E-state index in [2.05, 4.69) is 0 Å². The van der Waals surface area contributed by atoms with E-state index >= 15 is 0 Å². The lowest BCUT2D eigenvalue weighted by atomic mass is 10.3. The van der Waals surface area contributed by atoms with Crippen molar-refractivity contribution in [1.82, 2.24) is 4.90 Å². The van der Waals surface area contributed by atoms with Gasteiger partial charge in [-0.05, 0) is 13.3 Å². The minimum atomic E-state index is -0.323. The molecule has 0 aromatic heterocycles. The second-order valence-electron chi connectivity index (χ2n) is 3.23. The smallest absolute Gasteiger partial charge is 0.224 e. The van der Waals surface area contributed by atoms with Crippen molar-refractivity contribution in [3.63, 3.8) is 0 Å². The van der Waals surface area contributed by atoms with E-state index in [0.29, 0.717) is 39.1 Å². The summed E-state index contributed by atoms with van der Waals surface area (Å²) in [5.74, 6) is 0.0880. The lowest BCUT2D eigenvalue weighted by Gasteiger charge is -2.14. The van der Waals surface area contributed by atoms with Crippen LogP contribution in [0.15, 0.2) is 0 Å². The van der Waals surface area contributed by atoms with Gasteiger partial charge in [0.25, 0.3) is 0 Å². The van der Waals surface area contributed by atoms with Gasteiger partial charge in [-0.2, -0.15) is 0 Å². The summed E-state index contributed by atoms with van der Waals surface area (Å²) in [6.45, 7) is 4.22. The molecule has 1 N–H and O–H groups in total. The van der Waals surface area contributed by atoms with Crippen LogP contribution in [0.3, 0.4) is 0 Å². The minimum absolute atomic E-state index is 0.0880. The molecule has 1 aliphatic heterocycles. The summed E-state index contributed by atoms with van der Waals surface area (Å²) >= 11 is 0. The SMILES string of the molecule is CCOCCC(=O)N1CC[C@H](O)C1. The molecule has 0 aromatic carbocycles. The van der Waals surface area contributed by atoms with Crippen LogP contribution in [0.5, 0.6) is 0 Å². The van der Waals surface area contributed by atoms with Crippen LogP contribution in [0.2, 0.25) is 0 Å². The third-order valence-electron chi connectivity index (χ3n) is 2.18. The summed E-state index contributed by atoms with van der Waals surface area (Å²) in [6, 6.07) is 0. The molecule has 1 amide bonds. The molecule has 1 saturated heterocycles. The minimum Gasteiger partial charge on any atom is -0.391 e. The van der Waals surface area contributed by atoms with Gasteiger partial charge in [-0.3, -0.25) is 4.79 Å². The van der Waals surface area contributed by atoms with Crippen LogP contribution < -0.4 is 0 Å². The number of nitrogens with zero attached hydrogens (tertiary/aromatic N) is 1. The third kappa shape index (κ3) is 3.32. The van der Waals surface area contributed by atoms with Crippen molar-refractivity contribution in [3.8, 4) is 0 Å². The maximum atomic E-state index is 11.4. The van der Waals surface area contributed by atoms with Crippen molar-refractivity contribution in [3.05, 3.63) is 0 Å². The number of carbonyl (C=O) groups is 1. The Morgan fingerprint density at radius 2 is 2.46 bits per heavy atom. The molecule has 1 heterocycles. The maximum absolute atomic E-state index is 11.4. The van der Waals surface area contributed by atoms with Gasteiger partial charge in [0.2, 0.25) is 5.91 Å². The number of likely N-dealkylation sites (tertiary alicyclic amines) is 1. The van der Waals surface area contributed by atoms with Gasteiger partial charge in [-0.1, -0.05) is 0 Å². The van der Waals surface area contributed by atoms with Crippen LogP contribution in [0.1, 0.15) is 19.8 Å². The fraction of sp³-hybridized carbons (Fsp3) is 0.889. The number of aliphatic hydroxyl groups excluding tert-OH is 1. The van der Waals surface area contributed by atoms with Gasteiger partial charge < -0.3 is 14.7 Å². The van der Waals surface area contributed by atoms with Crippen LogP contribution in [-0.2, 0) is 9.53 Å². The van der Waals surface area contributed by atoms with Crippen LogP contribution in [0.4, 0.5) is 0 Å². The number of carbonyl (C=O) groups excluding carboxylic acids is 1. The Morgan fingerprint density at radius 1 is 1.69 bits per heavy atom. The topological polar surface area (TPSA) is 49.8 Å². The molecule has 0 aromatic rings. The molecule has 1 fully saturated rings. The predicted octanol–water partition coefficient (Wildman–Crippen LogP) is 0.00620. The second kappa shape index (κ2) is 5.19. The van der Waals surface area contributed by atoms with Crippen molar-refractivity contribution in [2.45, 2.75) is 25.9 Å². The van der Waals surface area contributed by atoms with Crippen LogP contribution in [0.25, 0.3) is 0 Å². The highest BCUT2D eigenvalue weighted by Gasteiger charge is 2.23. The summed E-state index contributed by atoms with van der Waals surface area (Å²) in [5, 5.41) is 9.19. The van der Waals surface area contributed by atoms with E-state index < -0.39 is 0 Å². The van der Waals surface area contributed by atoms with Crippen LogP contribution in [-0.4, -0.2) is 48.3 Å². The highest BCUT2D eigenvalue weighted by Crippen LogP contribution is 2.09. The zero-order valence-corrected chi connectivity index (χ0v) is 8.03. The van der Waals surface area contributed by atoms with E-state index in [4.69, 9.17) is 4.74 Å². The van der Waals surface area contributed by atoms with E-state index in [1.807, 2.05) is 6.92 Å². The van der Waals surface area contributed by atoms with Crippen molar-refractivity contribution in [2.75, 3.05) is 26.3 Å². The highest BCUT2D eigenvalue weighted by molar-refractivity contribution is 5.76. The number of β-amino-alcohol motifs (C(OH)–C–C–N with tert-alkyl or cyclic N) is 1. The molecule has 0 saturated carbocycles. The van der Waals surface area contributed by atoms with Crippen LogP contribution in [0, 0.1) is 0 Å². The summed E-state index contributed by atoms with van der Waals surface area (Å²) in [5.41, 5.74) is 0. The Bertz CT molecular complexity index is 172. The number of hydrogen-bond acceptors (Lipinski definition) is 3. The molecule has 76 valence electrons. The van der Waals surface area contributed by atoms with Gasteiger partial charge in [0.1, 0.15) is 0 Å². The molecular formula is C9H17NO3. The van der Waals surface area contributed by atoms with E-state index in [0.717, 1.165) is 0 Å². The molecule has 13 heavy (non-hydrogen) atoms. The van der Waals surface area contributed by atoms with Gasteiger partial charge in [0.05, 0.1) is 19.1 Å². The molecule has 1 rings (SSSR count). The fourth-order valence-electron chi connectivity index (χ4n) is 1.43. The Hall–Kier alpha value is -0.610. The molecular weight excluding hydrogens is 170 g/mol. The number of rotatable bonds is 4. The Balaban J connectivity index is 2.16. The first-order valence-electron chi connectivity index (χ1n) is 4.77. The van der Waals surface area contributed by atoms with Gasteiger partial charge in [-0.15, -0.1) is 0 Å². The Labute approximate surface area is 78.5 Å². The monoisotopic (exact) mass is 187 g/mol. The summed E-state index contributed by atoms with van der Waals surface area (Å²) < 4.78 is 5.08. The quantitative estimate of drug-likeness (QED) is 0.630. The van der Waals surface area contributed by atoms with Gasteiger partial charge in [0.15, 0.2) is 0 Å². The van der Waals surface area contributed by atoms with Crippen molar-refractivity contribution < 1.29 is 14.6 Å². The number of amides is 1. The second-order valence-corrected chi connectivity index (χ2v) is 3.23.